The second kappa shape index (κ2) is 12.2. The van der Waals surface area contributed by atoms with E-state index in [1.54, 1.807) is 0 Å². The van der Waals surface area contributed by atoms with E-state index in [1.807, 2.05) is 0 Å². The van der Waals surface area contributed by atoms with E-state index in [0.717, 1.165) is 18.8 Å². The van der Waals surface area contributed by atoms with Gasteiger partial charge < -0.3 is 4.74 Å². The molecule has 1 saturated carbocycles. The van der Waals surface area contributed by atoms with E-state index in [-0.39, 0.29) is 5.97 Å². The molecule has 2 heteroatoms. The first kappa shape index (κ1) is 17.5. The third-order valence-corrected chi connectivity index (χ3v) is 4.50. The lowest BCUT2D eigenvalue weighted by Crippen LogP contribution is -2.08. The minimum Gasteiger partial charge on any atom is -0.466 e. The van der Waals surface area contributed by atoms with Crippen LogP contribution in [-0.4, -0.2) is 12.6 Å². The van der Waals surface area contributed by atoms with E-state index in [0.29, 0.717) is 13.0 Å². The van der Waals surface area contributed by atoms with Gasteiger partial charge in [0.1, 0.15) is 0 Å². The van der Waals surface area contributed by atoms with E-state index >= 15 is 0 Å². The topological polar surface area (TPSA) is 26.3 Å². The number of carbonyl (C=O) groups is 1. The molecule has 0 bridgehead atoms. The summed E-state index contributed by atoms with van der Waals surface area (Å²) in [5.41, 5.74) is 0. The van der Waals surface area contributed by atoms with E-state index < -0.39 is 0 Å². The van der Waals surface area contributed by atoms with Crippen molar-refractivity contribution < 1.29 is 9.53 Å². The van der Waals surface area contributed by atoms with Crippen LogP contribution in [0, 0.1) is 5.92 Å². The molecule has 0 spiro atoms. The van der Waals surface area contributed by atoms with Crippen LogP contribution in [0.15, 0.2) is 0 Å². The zero-order valence-electron chi connectivity index (χ0n) is 13.5. The van der Waals surface area contributed by atoms with Crippen LogP contribution in [0.25, 0.3) is 0 Å². The molecule has 0 amide bonds. The van der Waals surface area contributed by atoms with Gasteiger partial charge in [-0.05, 0) is 18.8 Å². The number of unbranched alkanes of at least 4 members (excludes halogenated alkanes) is 7. The third-order valence-electron chi connectivity index (χ3n) is 4.50. The van der Waals surface area contributed by atoms with Gasteiger partial charge in [-0.15, -0.1) is 0 Å². The van der Waals surface area contributed by atoms with Crippen LogP contribution in [0.1, 0.15) is 96.8 Å². The van der Waals surface area contributed by atoms with Crippen molar-refractivity contribution in [3.05, 3.63) is 0 Å². The smallest absolute Gasteiger partial charge is 0.305 e. The molecule has 20 heavy (non-hydrogen) atoms. The number of ether oxygens (including phenoxy) is 1. The van der Waals surface area contributed by atoms with Crippen molar-refractivity contribution >= 4 is 5.97 Å². The second-order valence-electron chi connectivity index (χ2n) is 6.38. The lowest BCUT2D eigenvalue weighted by Gasteiger charge is -2.09. The van der Waals surface area contributed by atoms with Gasteiger partial charge in [-0.2, -0.15) is 0 Å². The summed E-state index contributed by atoms with van der Waals surface area (Å²) in [4.78, 5) is 11.6. The molecule has 0 heterocycles. The summed E-state index contributed by atoms with van der Waals surface area (Å²) in [5.74, 6) is 0.847. The van der Waals surface area contributed by atoms with Gasteiger partial charge in [0, 0.05) is 6.42 Å². The van der Waals surface area contributed by atoms with Crippen molar-refractivity contribution in [3.63, 3.8) is 0 Å². The molecule has 0 radical (unpaired) electrons. The summed E-state index contributed by atoms with van der Waals surface area (Å²) < 4.78 is 5.32. The van der Waals surface area contributed by atoms with Gasteiger partial charge >= 0.3 is 5.97 Å². The quantitative estimate of drug-likeness (QED) is 0.342. The molecule has 0 unspecified atom stereocenters. The van der Waals surface area contributed by atoms with E-state index in [9.17, 15) is 4.79 Å². The predicted molar refractivity (Wildman–Crippen MR) is 84.8 cm³/mol. The van der Waals surface area contributed by atoms with Crippen LogP contribution < -0.4 is 0 Å². The van der Waals surface area contributed by atoms with E-state index in [1.165, 1.54) is 70.6 Å². The molecule has 0 aromatic rings. The average Bonchev–Trinajstić information content (AvgIpc) is 2.95. The van der Waals surface area contributed by atoms with Crippen LogP contribution in [0.2, 0.25) is 0 Å². The Labute approximate surface area is 125 Å². The predicted octanol–water partition coefficient (Wildman–Crippen LogP) is 5.64. The summed E-state index contributed by atoms with van der Waals surface area (Å²) in [7, 11) is 0. The Morgan fingerprint density at radius 1 is 0.950 bits per heavy atom. The molecule has 0 aliphatic heterocycles. The van der Waals surface area contributed by atoms with E-state index in [4.69, 9.17) is 4.74 Å². The molecule has 0 aromatic heterocycles. The van der Waals surface area contributed by atoms with Gasteiger partial charge in [0.2, 0.25) is 0 Å². The van der Waals surface area contributed by atoms with Crippen molar-refractivity contribution in [2.24, 2.45) is 5.92 Å². The van der Waals surface area contributed by atoms with Gasteiger partial charge in [-0.1, -0.05) is 77.6 Å². The first-order chi connectivity index (χ1) is 9.83. The average molecular weight is 282 g/mol. The van der Waals surface area contributed by atoms with Gasteiger partial charge in [-0.3, -0.25) is 4.79 Å². The molecule has 1 aliphatic rings. The number of esters is 1. The number of hydrogen-bond acceptors (Lipinski definition) is 2. The van der Waals surface area contributed by atoms with E-state index in [2.05, 4.69) is 6.92 Å². The van der Waals surface area contributed by atoms with Crippen LogP contribution in [-0.2, 0) is 9.53 Å². The van der Waals surface area contributed by atoms with Crippen molar-refractivity contribution in [3.8, 4) is 0 Å². The highest BCUT2D eigenvalue weighted by Crippen LogP contribution is 2.27. The standard InChI is InChI=1S/C18H34O2/c1-2-3-4-5-6-7-8-9-14-18(19)20-16-15-17-12-10-11-13-17/h17H,2-16H2,1H3. The summed E-state index contributed by atoms with van der Waals surface area (Å²) >= 11 is 0. The minimum atomic E-state index is 0.0222. The van der Waals surface area contributed by atoms with Crippen LogP contribution in [0.3, 0.4) is 0 Å². The molecule has 2 nitrogen and oxygen atoms in total. The Kier molecular flexibility index (Phi) is 10.7. The molecule has 0 N–H and O–H groups in total. The molecule has 0 saturated heterocycles. The Hall–Kier alpha value is -0.530. The molecule has 1 rings (SSSR count). The van der Waals surface area contributed by atoms with Crippen LogP contribution >= 0.6 is 0 Å². The number of rotatable bonds is 12. The lowest BCUT2D eigenvalue weighted by atomic mass is 10.1. The molecular weight excluding hydrogens is 248 g/mol. The Bertz CT molecular complexity index is 232. The fourth-order valence-electron chi connectivity index (χ4n) is 3.11. The van der Waals surface area contributed by atoms with Crippen molar-refractivity contribution in [1.29, 1.82) is 0 Å². The van der Waals surface area contributed by atoms with Crippen molar-refractivity contribution in [2.45, 2.75) is 96.8 Å². The highest BCUT2D eigenvalue weighted by Gasteiger charge is 2.15. The lowest BCUT2D eigenvalue weighted by molar-refractivity contribution is -0.144. The first-order valence-corrected chi connectivity index (χ1v) is 8.98. The summed E-state index contributed by atoms with van der Waals surface area (Å²) in [6.07, 6.45) is 17.4. The maximum absolute atomic E-state index is 11.6. The van der Waals surface area contributed by atoms with Crippen LogP contribution in [0.5, 0.6) is 0 Å². The zero-order valence-corrected chi connectivity index (χ0v) is 13.5. The van der Waals surface area contributed by atoms with Crippen LogP contribution in [0.4, 0.5) is 0 Å². The Morgan fingerprint density at radius 2 is 1.55 bits per heavy atom. The highest BCUT2D eigenvalue weighted by molar-refractivity contribution is 5.69. The normalized spacial score (nSPS) is 15.7. The zero-order chi connectivity index (χ0) is 14.5. The van der Waals surface area contributed by atoms with Crippen molar-refractivity contribution in [1.82, 2.24) is 0 Å². The molecule has 0 aromatic carbocycles. The SMILES string of the molecule is CCCCCCCCCCC(=O)OCCC1CCCC1. The summed E-state index contributed by atoms with van der Waals surface area (Å²) in [5, 5.41) is 0. The summed E-state index contributed by atoms with van der Waals surface area (Å²) in [6, 6.07) is 0. The highest BCUT2D eigenvalue weighted by atomic mass is 16.5. The second-order valence-corrected chi connectivity index (χ2v) is 6.38. The molecule has 118 valence electrons. The molecule has 1 aliphatic carbocycles. The Morgan fingerprint density at radius 3 is 2.20 bits per heavy atom. The minimum absolute atomic E-state index is 0.0222. The maximum Gasteiger partial charge on any atom is 0.305 e. The third kappa shape index (κ3) is 9.39. The van der Waals surface area contributed by atoms with Gasteiger partial charge in [-0.25, -0.2) is 0 Å². The number of hydrogen-bond donors (Lipinski definition) is 0. The van der Waals surface area contributed by atoms with Gasteiger partial charge in [0.15, 0.2) is 0 Å². The largest absolute Gasteiger partial charge is 0.466 e. The van der Waals surface area contributed by atoms with Gasteiger partial charge in [0.05, 0.1) is 6.61 Å². The fraction of sp³-hybridized carbons (Fsp3) is 0.944. The number of carbonyl (C=O) groups excluding carboxylic acids is 1. The molecular formula is C18H34O2. The molecule has 0 atom stereocenters. The maximum atomic E-state index is 11.6. The monoisotopic (exact) mass is 282 g/mol. The first-order valence-electron chi connectivity index (χ1n) is 8.98. The fourth-order valence-corrected chi connectivity index (χ4v) is 3.11. The van der Waals surface area contributed by atoms with Crippen molar-refractivity contribution in [2.75, 3.05) is 6.61 Å². The van der Waals surface area contributed by atoms with Gasteiger partial charge in [0.25, 0.3) is 0 Å². The molecule has 1 fully saturated rings. The Balaban J connectivity index is 1.80. The summed E-state index contributed by atoms with van der Waals surface area (Å²) in [6.45, 7) is 2.90.